The van der Waals surface area contributed by atoms with Crippen LogP contribution in [0.25, 0.3) is 0 Å². The quantitative estimate of drug-likeness (QED) is 0.691. The fourth-order valence-corrected chi connectivity index (χ4v) is 4.67. The summed E-state index contributed by atoms with van der Waals surface area (Å²) in [5.41, 5.74) is 0.410. The smallest absolute Gasteiger partial charge is 0.331 e. The SMILES string of the molecule is CC(N=C1NS(=O)(=O)c2ccccc21)C(=O)OCC(=O)NCC1CCCCC1. The first-order valence-corrected chi connectivity index (χ1v) is 11.0. The number of ether oxygens (including phenoxy) is 1. The molecule has 1 heterocycles. The lowest BCUT2D eigenvalue weighted by atomic mass is 9.89. The van der Waals surface area contributed by atoms with Gasteiger partial charge in [-0.3, -0.25) is 14.5 Å². The summed E-state index contributed by atoms with van der Waals surface area (Å²) in [6, 6.07) is 5.44. The number of carbonyl (C=O) groups excluding carboxylic acids is 2. The van der Waals surface area contributed by atoms with Crippen molar-refractivity contribution in [3.63, 3.8) is 0 Å². The predicted octanol–water partition coefficient (Wildman–Crippen LogP) is 1.35. The Morgan fingerprint density at radius 3 is 2.71 bits per heavy atom. The molecule has 1 amide bonds. The number of benzene rings is 1. The van der Waals surface area contributed by atoms with Crippen molar-refractivity contribution in [3.8, 4) is 0 Å². The van der Waals surface area contributed by atoms with E-state index in [0.717, 1.165) is 12.8 Å². The second-order valence-corrected chi connectivity index (χ2v) is 8.82. The van der Waals surface area contributed by atoms with Crippen molar-refractivity contribution in [1.29, 1.82) is 0 Å². The number of aliphatic imine (C=N–C) groups is 1. The van der Waals surface area contributed by atoms with E-state index in [1.54, 1.807) is 18.2 Å². The molecule has 0 bridgehead atoms. The standard InChI is InChI=1S/C19H25N3O5S/c1-13(21-18-15-9-5-6-10-16(15)28(25,26)22-18)19(24)27-12-17(23)20-11-14-7-3-2-4-8-14/h5-6,9-10,13-14H,2-4,7-8,11-12H2,1H3,(H,20,23)(H,21,22). The molecule has 1 aliphatic heterocycles. The molecular formula is C19H25N3O5S. The number of amides is 1. The minimum atomic E-state index is -3.67. The maximum atomic E-state index is 12.1. The number of esters is 1. The summed E-state index contributed by atoms with van der Waals surface area (Å²) >= 11 is 0. The average Bonchev–Trinajstić information content (AvgIpc) is 2.95. The van der Waals surface area contributed by atoms with E-state index in [1.807, 2.05) is 0 Å². The lowest BCUT2D eigenvalue weighted by Gasteiger charge is -2.21. The lowest BCUT2D eigenvalue weighted by molar-refractivity contribution is -0.149. The fourth-order valence-electron chi connectivity index (χ4n) is 3.43. The van der Waals surface area contributed by atoms with Gasteiger partial charge in [0.1, 0.15) is 11.9 Å². The largest absolute Gasteiger partial charge is 0.454 e. The first kappa shape index (κ1) is 20.3. The van der Waals surface area contributed by atoms with E-state index in [2.05, 4.69) is 15.0 Å². The van der Waals surface area contributed by atoms with E-state index in [-0.39, 0.29) is 23.2 Å². The van der Waals surface area contributed by atoms with Crippen LogP contribution in [0.1, 0.15) is 44.6 Å². The van der Waals surface area contributed by atoms with E-state index in [1.165, 1.54) is 32.3 Å². The van der Waals surface area contributed by atoms with E-state index in [4.69, 9.17) is 4.74 Å². The molecule has 2 N–H and O–H groups in total. The molecule has 1 fully saturated rings. The molecule has 152 valence electrons. The van der Waals surface area contributed by atoms with Crippen molar-refractivity contribution in [2.24, 2.45) is 10.9 Å². The van der Waals surface area contributed by atoms with Gasteiger partial charge in [0, 0.05) is 12.1 Å². The molecule has 1 saturated carbocycles. The maximum Gasteiger partial charge on any atom is 0.331 e. The van der Waals surface area contributed by atoms with Gasteiger partial charge in [0.25, 0.3) is 15.9 Å². The monoisotopic (exact) mass is 407 g/mol. The Balaban J connectivity index is 1.51. The van der Waals surface area contributed by atoms with Gasteiger partial charge >= 0.3 is 5.97 Å². The van der Waals surface area contributed by atoms with Crippen molar-refractivity contribution in [3.05, 3.63) is 29.8 Å². The summed E-state index contributed by atoms with van der Waals surface area (Å²) in [5, 5.41) is 2.80. The van der Waals surface area contributed by atoms with Crippen molar-refractivity contribution >= 4 is 27.7 Å². The van der Waals surface area contributed by atoms with Crippen molar-refractivity contribution in [2.75, 3.05) is 13.2 Å². The predicted molar refractivity (Wildman–Crippen MR) is 103 cm³/mol. The Morgan fingerprint density at radius 2 is 1.96 bits per heavy atom. The number of hydrogen-bond donors (Lipinski definition) is 2. The molecule has 1 aromatic rings. The zero-order valence-corrected chi connectivity index (χ0v) is 16.6. The van der Waals surface area contributed by atoms with Crippen LogP contribution in [0.3, 0.4) is 0 Å². The molecule has 28 heavy (non-hydrogen) atoms. The van der Waals surface area contributed by atoms with Crippen LogP contribution in [-0.4, -0.2) is 45.3 Å². The van der Waals surface area contributed by atoms with Gasteiger partial charge in [0.05, 0.1) is 4.90 Å². The van der Waals surface area contributed by atoms with E-state index in [9.17, 15) is 18.0 Å². The lowest BCUT2D eigenvalue weighted by Crippen LogP contribution is -2.35. The van der Waals surface area contributed by atoms with Crippen LogP contribution in [0.4, 0.5) is 0 Å². The number of carbonyl (C=O) groups is 2. The van der Waals surface area contributed by atoms with Crippen molar-refractivity contribution in [2.45, 2.75) is 50.0 Å². The summed E-state index contributed by atoms with van der Waals surface area (Å²) in [4.78, 5) is 28.3. The third-order valence-electron chi connectivity index (χ3n) is 4.98. The molecule has 8 nitrogen and oxygen atoms in total. The zero-order valence-electron chi connectivity index (χ0n) is 15.8. The molecule has 3 rings (SSSR count). The third-order valence-corrected chi connectivity index (χ3v) is 6.38. The summed E-state index contributed by atoms with van der Waals surface area (Å²) in [6.45, 7) is 1.72. The summed E-state index contributed by atoms with van der Waals surface area (Å²) < 4.78 is 31.5. The van der Waals surface area contributed by atoms with Crippen LogP contribution >= 0.6 is 0 Å². The second-order valence-electron chi connectivity index (χ2n) is 7.17. The summed E-state index contributed by atoms with van der Waals surface area (Å²) in [6.07, 6.45) is 5.88. The van der Waals surface area contributed by atoms with Gasteiger partial charge in [-0.15, -0.1) is 0 Å². The van der Waals surface area contributed by atoms with Crippen LogP contribution in [0.2, 0.25) is 0 Å². The molecule has 0 aromatic heterocycles. The molecular weight excluding hydrogens is 382 g/mol. The van der Waals surface area contributed by atoms with Crippen LogP contribution < -0.4 is 10.0 Å². The van der Waals surface area contributed by atoms with Crippen LogP contribution in [0, 0.1) is 5.92 Å². The van der Waals surface area contributed by atoms with Crippen LogP contribution in [0.15, 0.2) is 34.2 Å². The fraction of sp³-hybridized carbons (Fsp3) is 0.526. The highest BCUT2D eigenvalue weighted by atomic mass is 32.2. The van der Waals surface area contributed by atoms with E-state index >= 15 is 0 Å². The first-order chi connectivity index (χ1) is 13.4. The number of fused-ring (bicyclic) bond motifs is 1. The van der Waals surface area contributed by atoms with Crippen molar-refractivity contribution in [1.82, 2.24) is 10.0 Å². The number of nitrogens with one attached hydrogen (secondary N) is 2. The van der Waals surface area contributed by atoms with Gasteiger partial charge in [-0.2, -0.15) is 0 Å². The van der Waals surface area contributed by atoms with Crippen LogP contribution in [-0.2, 0) is 24.3 Å². The van der Waals surface area contributed by atoms with Gasteiger partial charge in [0.15, 0.2) is 6.61 Å². The molecule has 2 aliphatic rings. The highest BCUT2D eigenvalue weighted by Gasteiger charge is 2.31. The molecule has 0 saturated heterocycles. The summed E-state index contributed by atoms with van der Waals surface area (Å²) in [7, 11) is -3.67. The normalized spacial score (nSPS) is 20.8. The molecule has 0 radical (unpaired) electrons. The minimum absolute atomic E-state index is 0.0989. The molecule has 9 heteroatoms. The Hall–Kier alpha value is -2.42. The van der Waals surface area contributed by atoms with Gasteiger partial charge < -0.3 is 10.1 Å². The second kappa shape index (κ2) is 8.72. The maximum absolute atomic E-state index is 12.1. The number of amidine groups is 1. The number of sulfonamides is 1. The Labute approximate surface area is 164 Å². The summed E-state index contributed by atoms with van der Waals surface area (Å²) in [5.74, 6) is -0.439. The average molecular weight is 407 g/mol. The highest BCUT2D eigenvalue weighted by molar-refractivity contribution is 7.90. The highest BCUT2D eigenvalue weighted by Crippen LogP contribution is 2.23. The molecule has 0 spiro atoms. The van der Waals surface area contributed by atoms with Gasteiger partial charge in [0.2, 0.25) is 0 Å². The van der Waals surface area contributed by atoms with Crippen LogP contribution in [0.5, 0.6) is 0 Å². The Bertz CT molecular complexity index is 875. The van der Waals surface area contributed by atoms with E-state index < -0.39 is 22.0 Å². The van der Waals surface area contributed by atoms with Crippen molar-refractivity contribution < 1.29 is 22.7 Å². The third kappa shape index (κ3) is 4.89. The molecule has 1 aromatic carbocycles. The topological polar surface area (TPSA) is 114 Å². The van der Waals surface area contributed by atoms with Gasteiger partial charge in [-0.25, -0.2) is 13.2 Å². The Morgan fingerprint density at radius 1 is 1.25 bits per heavy atom. The number of nitrogens with zero attached hydrogens (tertiary/aromatic N) is 1. The van der Waals surface area contributed by atoms with E-state index in [0.29, 0.717) is 18.0 Å². The minimum Gasteiger partial charge on any atom is -0.454 e. The van der Waals surface area contributed by atoms with Gasteiger partial charge in [-0.05, 0) is 37.8 Å². The first-order valence-electron chi connectivity index (χ1n) is 9.50. The van der Waals surface area contributed by atoms with Gasteiger partial charge in [-0.1, -0.05) is 31.4 Å². The molecule has 1 atom stereocenters. The number of hydrogen-bond acceptors (Lipinski definition) is 6. The molecule has 1 aliphatic carbocycles. The zero-order chi connectivity index (χ0) is 20.1. The number of rotatable bonds is 6. The molecule has 1 unspecified atom stereocenters. The Kier molecular flexibility index (Phi) is 6.33.